The van der Waals surface area contributed by atoms with Crippen molar-refractivity contribution in [3.63, 3.8) is 0 Å². The summed E-state index contributed by atoms with van der Waals surface area (Å²) in [4.78, 5) is 15.2. The van der Waals surface area contributed by atoms with Crippen LogP contribution in [0.3, 0.4) is 0 Å². The molecule has 0 atom stereocenters. The zero-order valence-electron chi connectivity index (χ0n) is 10.6. The molecule has 4 heteroatoms. The first-order valence-electron chi connectivity index (χ1n) is 5.77. The molecule has 0 bridgehead atoms. The molecule has 2 rings (SSSR count). The minimum absolute atomic E-state index is 0.253. The highest BCUT2D eigenvalue weighted by Gasteiger charge is 2.03. The van der Waals surface area contributed by atoms with Gasteiger partial charge >= 0.3 is 0 Å². The van der Waals surface area contributed by atoms with Gasteiger partial charge in [-0.2, -0.15) is 0 Å². The van der Waals surface area contributed by atoms with Crippen LogP contribution in [-0.4, -0.2) is 17.9 Å². The smallest absolute Gasteiger partial charge is 0.214 e. The number of nitrogens with zero attached hydrogens (tertiary/aromatic N) is 1. The Morgan fingerprint density at radius 1 is 1.26 bits per heavy atom. The first-order chi connectivity index (χ1) is 9.19. The maximum absolute atomic E-state index is 11.1. The monoisotopic (exact) mass is 256 g/mol. The van der Waals surface area contributed by atoms with Crippen molar-refractivity contribution in [1.29, 1.82) is 0 Å². The molecule has 2 aromatic rings. The lowest BCUT2D eigenvalue weighted by Crippen LogP contribution is -1.99. The fraction of sp³-hybridized carbons (Fsp3) is 0.133. The molecule has 0 spiro atoms. The van der Waals surface area contributed by atoms with Crippen molar-refractivity contribution in [2.45, 2.75) is 6.61 Å². The van der Waals surface area contributed by atoms with E-state index in [2.05, 4.69) is 11.9 Å². The lowest BCUT2D eigenvalue weighted by Gasteiger charge is -2.07. The SMILES string of the molecule is [CH2]C(=O)c1ccnc(OCc2ccc(OC)cc2)c1. The predicted octanol–water partition coefficient (Wildman–Crippen LogP) is 2.69. The molecule has 0 saturated carbocycles. The zero-order valence-corrected chi connectivity index (χ0v) is 10.6. The Hall–Kier alpha value is -2.36. The number of hydrogen-bond acceptors (Lipinski definition) is 4. The van der Waals surface area contributed by atoms with Crippen molar-refractivity contribution in [1.82, 2.24) is 4.98 Å². The molecule has 0 amide bonds. The lowest BCUT2D eigenvalue weighted by atomic mass is 10.2. The number of Topliss-reactive ketones (excluding diaryl/α,β-unsaturated/α-hetero) is 1. The van der Waals surface area contributed by atoms with E-state index in [4.69, 9.17) is 9.47 Å². The van der Waals surface area contributed by atoms with Crippen molar-refractivity contribution in [2.75, 3.05) is 7.11 Å². The summed E-state index contributed by atoms with van der Waals surface area (Å²) in [6.45, 7) is 3.73. The third-order valence-electron chi connectivity index (χ3n) is 2.60. The highest BCUT2D eigenvalue weighted by molar-refractivity contribution is 5.99. The molecule has 1 aromatic heterocycles. The largest absolute Gasteiger partial charge is 0.497 e. The van der Waals surface area contributed by atoms with E-state index in [9.17, 15) is 4.79 Å². The second-order valence-corrected chi connectivity index (χ2v) is 3.94. The Morgan fingerprint density at radius 2 is 2.00 bits per heavy atom. The third kappa shape index (κ3) is 3.55. The average Bonchev–Trinajstić information content (AvgIpc) is 2.46. The minimum atomic E-state index is -0.253. The van der Waals surface area contributed by atoms with Crippen LogP contribution >= 0.6 is 0 Å². The molecule has 0 fully saturated rings. The van der Waals surface area contributed by atoms with Gasteiger partial charge < -0.3 is 9.47 Å². The van der Waals surface area contributed by atoms with Crippen molar-refractivity contribution in [3.8, 4) is 11.6 Å². The van der Waals surface area contributed by atoms with Crippen LogP contribution in [0.2, 0.25) is 0 Å². The lowest BCUT2D eigenvalue weighted by molar-refractivity contribution is 0.104. The van der Waals surface area contributed by atoms with Gasteiger partial charge in [-0.25, -0.2) is 4.98 Å². The summed E-state index contributed by atoms with van der Waals surface area (Å²) in [5.74, 6) is 0.952. The molecule has 0 unspecified atom stereocenters. The van der Waals surface area contributed by atoms with Gasteiger partial charge in [-0.05, 0) is 23.8 Å². The van der Waals surface area contributed by atoms with Crippen molar-refractivity contribution in [3.05, 3.63) is 60.6 Å². The van der Waals surface area contributed by atoms with Crippen LogP contribution in [0.5, 0.6) is 11.6 Å². The predicted molar refractivity (Wildman–Crippen MR) is 71.3 cm³/mol. The quantitative estimate of drug-likeness (QED) is 0.772. The second-order valence-electron chi connectivity index (χ2n) is 3.94. The molecule has 97 valence electrons. The van der Waals surface area contributed by atoms with E-state index >= 15 is 0 Å². The summed E-state index contributed by atoms with van der Waals surface area (Å²) in [5, 5.41) is 0. The summed E-state index contributed by atoms with van der Waals surface area (Å²) in [6, 6.07) is 10.7. The van der Waals surface area contributed by atoms with Crippen LogP contribution in [0.15, 0.2) is 42.6 Å². The molecule has 0 N–H and O–H groups in total. The van der Waals surface area contributed by atoms with Crippen molar-refractivity contribution < 1.29 is 14.3 Å². The summed E-state index contributed by atoms with van der Waals surface area (Å²) in [5.41, 5.74) is 1.48. The fourth-order valence-corrected chi connectivity index (χ4v) is 1.54. The molecule has 19 heavy (non-hydrogen) atoms. The Bertz CT molecular complexity index is 564. The molecule has 0 aliphatic rings. The second kappa shape index (κ2) is 6.00. The van der Waals surface area contributed by atoms with E-state index in [1.54, 1.807) is 19.2 Å². The standard InChI is InChI=1S/C15H14NO3/c1-11(17)13-7-8-16-15(9-13)19-10-12-3-5-14(18-2)6-4-12/h3-9H,1,10H2,2H3. The number of aromatic nitrogens is 1. The average molecular weight is 256 g/mol. The minimum Gasteiger partial charge on any atom is -0.497 e. The van der Waals surface area contributed by atoms with Crippen LogP contribution in [-0.2, 0) is 6.61 Å². The maximum Gasteiger partial charge on any atom is 0.214 e. The number of pyridine rings is 1. The van der Waals surface area contributed by atoms with Gasteiger partial charge in [0.05, 0.1) is 7.11 Å². The molecule has 1 radical (unpaired) electrons. The number of ether oxygens (including phenoxy) is 2. The normalized spacial score (nSPS) is 10.0. The van der Waals surface area contributed by atoms with E-state index in [-0.39, 0.29) is 5.78 Å². The van der Waals surface area contributed by atoms with Gasteiger partial charge in [-0.3, -0.25) is 4.79 Å². The van der Waals surface area contributed by atoms with Crippen LogP contribution in [0.1, 0.15) is 15.9 Å². The Labute approximate surface area is 112 Å². The molecule has 1 aromatic carbocycles. The maximum atomic E-state index is 11.1. The number of carbonyl (C=O) groups is 1. The molecular weight excluding hydrogens is 242 g/mol. The number of hydrogen-bond donors (Lipinski definition) is 0. The zero-order chi connectivity index (χ0) is 13.7. The van der Waals surface area contributed by atoms with Gasteiger partial charge in [0.2, 0.25) is 5.88 Å². The van der Waals surface area contributed by atoms with E-state index in [0.29, 0.717) is 18.1 Å². The van der Waals surface area contributed by atoms with Gasteiger partial charge in [-0.15, -0.1) is 0 Å². The number of ketones is 1. The number of methoxy groups -OCH3 is 1. The van der Waals surface area contributed by atoms with Crippen LogP contribution in [0.4, 0.5) is 0 Å². The summed E-state index contributed by atoms with van der Waals surface area (Å²) >= 11 is 0. The first kappa shape index (κ1) is 13.1. The van der Waals surface area contributed by atoms with Gasteiger partial charge in [-0.1, -0.05) is 12.1 Å². The molecular formula is C15H14NO3. The van der Waals surface area contributed by atoms with Crippen molar-refractivity contribution >= 4 is 5.78 Å². The molecule has 0 aliphatic heterocycles. The molecule has 1 heterocycles. The fourth-order valence-electron chi connectivity index (χ4n) is 1.54. The summed E-state index contributed by atoms with van der Waals surface area (Å²) in [7, 11) is 1.62. The van der Waals surface area contributed by atoms with Gasteiger partial charge in [0.15, 0.2) is 5.78 Å². The topological polar surface area (TPSA) is 48.4 Å². The van der Waals surface area contributed by atoms with E-state index in [1.165, 1.54) is 6.20 Å². The Balaban J connectivity index is 2.01. The molecule has 4 nitrogen and oxygen atoms in total. The van der Waals surface area contributed by atoms with E-state index < -0.39 is 0 Å². The third-order valence-corrected chi connectivity index (χ3v) is 2.60. The first-order valence-corrected chi connectivity index (χ1v) is 5.77. The van der Waals surface area contributed by atoms with E-state index in [0.717, 1.165) is 11.3 Å². The molecule has 0 saturated heterocycles. The van der Waals surface area contributed by atoms with E-state index in [1.807, 2.05) is 24.3 Å². The number of rotatable bonds is 5. The van der Waals surface area contributed by atoms with Gasteiger partial charge in [0.25, 0.3) is 0 Å². The van der Waals surface area contributed by atoms with Gasteiger partial charge in [0, 0.05) is 24.8 Å². The highest BCUT2D eigenvalue weighted by Crippen LogP contribution is 2.15. The molecule has 0 aliphatic carbocycles. The van der Waals surface area contributed by atoms with Crippen molar-refractivity contribution in [2.24, 2.45) is 0 Å². The number of carbonyl (C=O) groups excluding carboxylic acids is 1. The van der Waals surface area contributed by atoms with Gasteiger partial charge in [0.1, 0.15) is 12.4 Å². The number of benzene rings is 1. The van der Waals surface area contributed by atoms with Crippen LogP contribution in [0.25, 0.3) is 0 Å². The highest BCUT2D eigenvalue weighted by atomic mass is 16.5. The van der Waals surface area contributed by atoms with Crippen LogP contribution in [0, 0.1) is 6.92 Å². The Kier molecular flexibility index (Phi) is 4.13. The Morgan fingerprint density at radius 3 is 2.63 bits per heavy atom. The van der Waals surface area contributed by atoms with Crippen LogP contribution < -0.4 is 9.47 Å². The summed E-state index contributed by atoms with van der Waals surface area (Å²) < 4.78 is 10.6. The summed E-state index contributed by atoms with van der Waals surface area (Å²) in [6.07, 6.45) is 1.53.